The minimum absolute atomic E-state index is 0.269. The van der Waals surface area contributed by atoms with E-state index in [2.05, 4.69) is 0 Å². The van der Waals surface area contributed by atoms with Gasteiger partial charge in [-0.25, -0.2) is 12.8 Å². The lowest BCUT2D eigenvalue weighted by molar-refractivity contribution is -0.138. The van der Waals surface area contributed by atoms with Crippen LogP contribution in [0, 0.1) is 11.6 Å². The number of hydrogen-bond donors (Lipinski definition) is 0. The van der Waals surface area contributed by atoms with Crippen LogP contribution in [0.1, 0.15) is 11.1 Å². The van der Waals surface area contributed by atoms with E-state index < -0.39 is 33.0 Å². The molecule has 0 amide bonds. The summed E-state index contributed by atoms with van der Waals surface area (Å²) in [5.41, 5.74) is -2.27. The van der Waals surface area contributed by atoms with Gasteiger partial charge in [-0.2, -0.15) is 13.2 Å². The summed E-state index contributed by atoms with van der Waals surface area (Å²) in [4.78, 5) is 0. The van der Waals surface area contributed by atoms with Gasteiger partial charge in [0.1, 0.15) is 11.6 Å². The summed E-state index contributed by atoms with van der Waals surface area (Å²) in [7, 11) is -3.85. The topological polar surface area (TPSA) is 34.1 Å². The highest BCUT2D eigenvalue weighted by molar-refractivity contribution is 7.92. The molecule has 0 unspecified atom stereocenters. The number of rotatable bonds is 2. The zero-order valence-corrected chi connectivity index (χ0v) is 8.86. The second-order valence-electron chi connectivity index (χ2n) is 3.15. The average Bonchev–Trinajstić information content (AvgIpc) is 2.04. The molecule has 0 aliphatic heterocycles. The van der Waals surface area contributed by atoms with Gasteiger partial charge in [-0.05, 0) is 12.1 Å². The van der Waals surface area contributed by atoms with Gasteiger partial charge in [-0.3, -0.25) is 0 Å². The highest BCUT2D eigenvalue weighted by atomic mass is 32.2. The number of halogens is 4. The van der Waals surface area contributed by atoms with Gasteiger partial charge in [0.05, 0.1) is 5.56 Å². The second kappa shape index (κ2) is 4.04. The molecule has 0 fully saturated rings. The van der Waals surface area contributed by atoms with E-state index in [9.17, 15) is 26.0 Å². The standard InChI is InChI=1S/C9H7F4O2S/c1-16(14,15)5-6-7(9(11,12)13)3-2-4-8(6)10/h2-5H,1H3. The zero-order valence-electron chi connectivity index (χ0n) is 8.05. The molecule has 2 nitrogen and oxygen atoms in total. The molecule has 0 N–H and O–H groups in total. The molecule has 16 heavy (non-hydrogen) atoms. The van der Waals surface area contributed by atoms with Crippen LogP contribution in [0.15, 0.2) is 18.2 Å². The maximum absolute atomic E-state index is 13.1. The zero-order chi connectivity index (χ0) is 12.6. The van der Waals surface area contributed by atoms with Crippen molar-refractivity contribution in [2.45, 2.75) is 6.18 Å². The molecule has 0 aromatic heterocycles. The number of sulfone groups is 1. The van der Waals surface area contributed by atoms with E-state index in [-0.39, 0.29) is 5.75 Å². The number of alkyl halides is 3. The molecule has 1 radical (unpaired) electrons. The fraction of sp³-hybridized carbons (Fsp3) is 0.222. The molecule has 0 bridgehead atoms. The Morgan fingerprint density at radius 3 is 2.25 bits per heavy atom. The molecule has 1 aromatic rings. The molecule has 1 aromatic carbocycles. The molecular formula is C9H7F4O2S. The van der Waals surface area contributed by atoms with Crippen LogP contribution in [0.3, 0.4) is 0 Å². The largest absolute Gasteiger partial charge is 0.416 e. The van der Waals surface area contributed by atoms with E-state index in [0.29, 0.717) is 12.3 Å². The highest BCUT2D eigenvalue weighted by Crippen LogP contribution is 2.34. The molecule has 0 aliphatic carbocycles. The Hall–Kier alpha value is -1.11. The van der Waals surface area contributed by atoms with Crippen LogP contribution in [0.4, 0.5) is 17.6 Å². The predicted octanol–water partition coefficient (Wildman–Crippen LogP) is 2.40. The normalized spacial score (nSPS) is 12.8. The molecule has 0 aliphatic rings. The van der Waals surface area contributed by atoms with Gasteiger partial charge >= 0.3 is 6.18 Å². The summed E-state index contributed by atoms with van der Waals surface area (Å²) >= 11 is 0. The molecule has 0 heterocycles. The van der Waals surface area contributed by atoms with E-state index >= 15 is 0 Å². The molecule has 0 atom stereocenters. The highest BCUT2D eigenvalue weighted by Gasteiger charge is 2.35. The number of benzene rings is 1. The van der Waals surface area contributed by atoms with Crippen molar-refractivity contribution >= 4 is 9.84 Å². The summed E-state index contributed by atoms with van der Waals surface area (Å²) in [6, 6.07) is 2.27. The van der Waals surface area contributed by atoms with Crippen LogP contribution < -0.4 is 0 Å². The first kappa shape index (κ1) is 13.0. The van der Waals surface area contributed by atoms with Crippen molar-refractivity contribution in [1.82, 2.24) is 0 Å². The van der Waals surface area contributed by atoms with Crippen molar-refractivity contribution in [1.29, 1.82) is 0 Å². The first-order chi connectivity index (χ1) is 7.11. The monoisotopic (exact) mass is 255 g/mol. The van der Waals surface area contributed by atoms with Crippen LogP contribution in [-0.4, -0.2) is 14.7 Å². The smallest absolute Gasteiger partial charge is 0.228 e. The van der Waals surface area contributed by atoms with Crippen molar-refractivity contribution in [3.8, 4) is 0 Å². The summed E-state index contributed by atoms with van der Waals surface area (Å²) in [6.45, 7) is 0. The van der Waals surface area contributed by atoms with Crippen molar-refractivity contribution in [2.75, 3.05) is 6.26 Å². The minimum Gasteiger partial charge on any atom is -0.228 e. The first-order valence-electron chi connectivity index (χ1n) is 4.02. The van der Waals surface area contributed by atoms with Crippen molar-refractivity contribution in [3.63, 3.8) is 0 Å². The van der Waals surface area contributed by atoms with E-state index in [1.165, 1.54) is 0 Å². The van der Waals surface area contributed by atoms with Crippen LogP contribution in [0.25, 0.3) is 0 Å². The van der Waals surface area contributed by atoms with Gasteiger partial charge in [-0.1, -0.05) is 6.07 Å². The first-order valence-corrected chi connectivity index (χ1v) is 5.97. The van der Waals surface area contributed by atoms with Crippen LogP contribution in [-0.2, 0) is 16.0 Å². The lowest BCUT2D eigenvalue weighted by Crippen LogP contribution is -2.12. The van der Waals surface area contributed by atoms with Crippen LogP contribution in [0.5, 0.6) is 0 Å². The Morgan fingerprint density at radius 1 is 1.25 bits per heavy atom. The van der Waals surface area contributed by atoms with Crippen molar-refractivity contribution in [3.05, 3.63) is 40.9 Å². The Labute approximate surface area is 89.8 Å². The molecule has 89 valence electrons. The van der Waals surface area contributed by atoms with Gasteiger partial charge in [0.15, 0.2) is 9.84 Å². The van der Waals surface area contributed by atoms with Gasteiger partial charge in [-0.15, -0.1) is 0 Å². The van der Waals surface area contributed by atoms with Crippen LogP contribution >= 0.6 is 0 Å². The van der Waals surface area contributed by atoms with E-state index in [1.54, 1.807) is 0 Å². The summed E-state index contributed by atoms with van der Waals surface area (Å²) in [6.07, 6.45) is -4.10. The van der Waals surface area contributed by atoms with Gasteiger partial charge in [0.25, 0.3) is 0 Å². The Kier molecular flexibility index (Phi) is 3.27. The van der Waals surface area contributed by atoms with Gasteiger partial charge in [0, 0.05) is 11.8 Å². The Bertz CT molecular complexity index is 491. The summed E-state index contributed by atoms with van der Waals surface area (Å²) in [5, 5.41) is 0. The van der Waals surface area contributed by atoms with E-state index in [1.807, 2.05) is 0 Å². The Balaban J connectivity index is 3.36. The van der Waals surface area contributed by atoms with Crippen molar-refractivity contribution < 1.29 is 26.0 Å². The van der Waals surface area contributed by atoms with Crippen LogP contribution in [0.2, 0.25) is 0 Å². The molecular weight excluding hydrogens is 248 g/mol. The quantitative estimate of drug-likeness (QED) is 0.760. The Morgan fingerprint density at radius 2 is 1.81 bits per heavy atom. The molecule has 7 heteroatoms. The van der Waals surface area contributed by atoms with Crippen molar-refractivity contribution in [2.24, 2.45) is 0 Å². The third kappa shape index (κ3) is 3.19. The summed E-state index contributed by atoms with van der Waals surface area (Å²) in [5.74, 6) is -0.953. The summed E-state index contributed by atoms with van der Waals surface area (Å²) < 4.78 is 72.1. The van der Waals surface area contributed by atoms with E-state index in [4.69, 9.17) is 0 Å². The average molecular weight is 255 g/mol. The number of hydrogen-bond acceptors (Lipinski definition) is 2. The SMILES string of the molecule is CS(=O)(=O)[CH]c1c(F)cccc1C(F)(F)F. The maximum atomic E-state index is 13.1. The molecule has 0 saturated heterocycles. The third-order valence-electron chi connectivity index (χ3n) is 1.69. The molecule has 1 rings (SSSR count). The molecule has 0 spiro atoms. The van der Waals surface area contributed by atoms with Gasteiger partial charge < -0.3 is 0 Å². The third-order valence-corrected chi connectivity index (χ3v) is 2.35. The van der Waals surface area contributed by atoms with Gasteiger partial charge in [0.2, 0.25) is 0 Å². The fourth-order valence-corrected chi connectivity index (χ4v) is 1.79. The fourth-order valence-electron chi connectivity index (χ4n) is 1.12. The van der Waals surface area contributed by atoms with E-state index in [0.717, 1.165) is 12.1 Å². The minimum atomic E-state index is -4.79. The predicted molar refractivity (Wildman–Crippen MR) is 49.6 cm³/mol. The lowest BCUT2D eigenvalue weighted by Gasteiger charge is -2.12. The molecule has 0 saturated carbocycles. The lowest BCUT2D eigenvalue weighted by atomic mass is 10.1. The maximum Gasteiger partial charge on any atom is 0.416 e. The second-order valence-corrected chi connectivity index (χ2v) is 5.04.